The molecule has 1 aromatic heterocycles. The Balaban J connectivity index is 1.36. The minimum absolute atomic E-state index is 0.0628. The molecule has 1 amide bonds. The van der Waals surface area contributed by atoms with Crippen molar-refractivity contribution in [3.05, 3.63) is 76.0 Å². The van der Waals surface area contributed by atoms with Gasteiger partial charge < -0.3 is 9.84 Å². The van der Waals surface area contributed by atoms with Crippen LogP contribution in [0.25, 0.3) is 11.3 Å². The minimum Gasteiger partial charge on any atom is -0.359 e. The van der Waals surface area contributed by atoms with E-state index < -0.39 is 11.7 Å². The van der Waals surface area contributed by atoms with Crippen LogP contribution in [0.15, 0.2) is 53.1 Å². The van der Waals surface area contributed by atoms with Crippen LogP contribution in [0.3, 0.4) is 0 Å². The molecule has 8 heteroatoms. The molecular weight excluding hydrogens is 453 g/mol. The fourth-order valence-corrected chi connectivity index (χ4v) is 3.87. The predicted octanol–water partition coefficient (Wildman–Crippen LogP) is 6.49. The first-order valence-corrected chi connectivity index (χ1v) is 10.9. The molecule has 3 aromatic rings. The lowest BCUT2D eigenvalue weighted by molar-refractivity contribution is -0.137. The van der Waals surface area contributed by atoms with Gasteiger partial charge in [-0.05, 0) is 43.2 Å². The van der Waals surface area contributed by atoms with Gasteiger partial charge >= 0.3 is 6.18 Å². The monoisotopic (exact) mass is 472 g/mol. The Morgan fingerprint density at radius 3 is 2.52 bits per heavy atom. The van der Waals surface area contributed by atoms with Crippen molar-refractivity contribution in [3.63, 3.8) is 0 Å². The van der Waals surface area contributed by atoms with Gasteiger partial charge in [0, 0.05) is 28.7 Å². The van der Waals surface area contributed by atoms with E-state index in [1.165, 1.54) is 25.0 Å². The molecule has 4 rings (SSSR count). The summed E-state index contributed by atoms with van der Waals surface area (Å²) in [4.78, 5) is 12.5. The topological polar surface area (TPSA) is 55.1 Å². The molecule has 1 aliphatic rings. The highest BCUT2D eigenvalue weighted by atomic mass is 35.5. The molecular formula is C25H20ClF3N2O2. The molecule has 0 bridgehead atoms. The lowest BCUT2D eigenvalue weighted by Gasteiger charge is -2.06. The molecule has 0 radical (unpaired) electrons. The molecule has 0 atom stereocenters. The van der Waals surface area contributed by atoms with E-state index in [1.807, 2.05) is 0 Å². The smallest absolute Gasteiger partial charge is 0.359 e. The van der Waals surface area contributed by atoms with Crippen LogP contribution in [-0.4, -0.2) is 11.1 Å². The third-order valence-electron chi connectivity index (χ3n) is 5.49. The third-order valence-corrected chi connectivity index (χ3v) is 5.80. The number of nitrogens with one attached hydrogen (secondary N) is 1. The molecule has 0 spiro atoms. The van der Waals surface area contributed by atoms with E-state index in [0.717, 1.165) is 25.0 Å². The quantitative estimate of drug-likeness (QED) is 0.442. The number of nitrogens with zero attached hydrogens (tertiary/aromatic N) is 1. The second kappa shape index (κ2) is 9.72. The first kappa shape index (κ1) is 22.9. The minimum atomic E-state index is -4.40. The second-order valence-corrected chi connectivity index (χ2v) is 8.29. The van der Waals surface area contributed by atoms with E-state index in [2.05, 4.69) is 22.3 Å². The molecule has 2 aromatic carbocycles. The number of halogens is 4. The van der Waals surface area contributed by atoms with Gasteiger partial charge in [-0.25, -0.2) is 0 Å². The summed E-state index contributed by atoms with van der Waals surface area (Å²) in [5, 5.41) is 6.99. The van der Waals surface area contributed by atoms with E-state index in [0.29, 0.717) is 39.1 Å². The summed E-state index contributed by atoms with van der Waals surface area (Å²) in [7, 11) is 0. The Morgan fingerprint density at radius 2 is 1.85 bits per heavy atom. The molecule has 33 heavy (non-hydrogen) atoms. The zero-order chi connectivity index (χ0) is 23.4. The number of hydrogen-bond donors (Lipinski definition) is 1. The lowest BCUT2D eigenvalue weighted by atomic mass is 10.1. The maximum atomic E-state index is 12.7. The molecule has 170 valence electrons. The lowest BCUT2D eigenvalue weighted by Crippen LogP contribution is -2.22. The van der Waals surface area contributed by atoms with Crippen LogP contribution in [-0.2, 0) is 12.7 Å². The second-order valence-electron chi connectivity index (χ2n) is 7.88. The highest BCUT2D eigenvalue weighted by Crippen LogP contribution is 2.31. The number of carbonyl (C=O) groups is 1. The van der Waals surface area contributed by atoms with Gasteiger partial charge in [0.25, 0.3) is 5.91 Å². The van der Waals surface area contributed by atoms with Crippen molar-refractivity contribution in [2.75, 3.05) is 0 Å². The molecule has 1 fully saturated rings. The summed E-state index contributed by atoms with van der Waals surface area (Å²) >= 11 is 6.31. The number of hydrogen-bond acceptors (Lipinski definition) is 3. The highest BCUT2D eigenvalue weighted by Gasteiger charge is 2.30. The van der Waals surface area contributed by atoms with Crippen molar-refractivity contribution in [2.24, 2.45) is 5.92 Å². The molecule has 0 unspecified atom stereocenters. The summed E-state index contributed by atoms with van der Waals surface area (Å²) in [6.45, 7) is 0.0628. The number of alkyl halides is 3. The van der Waals surface area contributed by atoms with Crippen LogP contribution in [0.2, 0.25) is 5.02 Å². The van der Waals surface area contributed by atoms with Crippen molar-refractivity contribution >= 4 is 17.5 Å². The van der Waals surface area contributed by atoms with Gasteiger partial charge in [-0.3, -0.25) is 4.79 Å². The number of amides is 1. The Bertz CT molecular complexity index is 1200. The zero-order valence-corrected chi connectivity index (χ0v) is 18.3. The van der Waals surface area contributed by atoms with Gasteiger partial charge in [-0.2, -0.15) is 13.2 Å². The van der Waals surface area contributed by atoms with Crippen molar-refractivity contribution in [1.29, 1.82) is 0 Å². The average Bonchev–Trinajstić information content (AvgIpc) is 3.48. The molecule has 1 aliphatic carbocycles. The van der Waals surface area contributed by atoms with Crippen molar-refractivity contribution in [3.8, 4) is 23.1 Å². The maximum absolute atomic E-state index is 12.7. The molecule has 0 saturated heterocycles. The van der Waals surface area contributed by atoms with Crippen LogP contribution in [0, 0.1) is 17.8 Å². The largest absolute Gasteiger partial charge is 0.416 e. The summed E-state index contributed by atoms with van der Waals surface area (Å²) in [5.74, 6) is 6.79. The Labute approximate surface area is 194 Å². The predicted molar refractivity (Wildman–Crippen MR) is 118 cm³/mol. The Morgan fingerprint density at radius 1 is 1.12 bits per heavy atom. The van der Waals surface area contributed by atoms with E-state index >= 15 is 0 Å². The van der Waals surface area contributed by atoms with Crippen LogP contribution in [0.5, 0.6) is 0 Å². The van der Waals surface area contributed by atoms with E-state index in [-0.39, 0.29) is 12.5 Å². The van der Waals surface area contributed by atoms with Crippen molar-refractivity contribution < 1.29 is 22.5 Å². The third kappa shape index (κ3) is 5.77. The summed E-state index contributed by atoms with van der Waals surface area (Å²) < 4.78 is 43.3. The molecule has 1 heterocycles. The fourth-order valence-electron chi connectivity index (χ4n) is 3.64. The van der Waals surface area contributed by atoms with Gasteiger partial charge in [0.1, 0.15) is 5.69 Å². The summed E-state index contributed by atoms with van der Waals surface area (Å²) in [5.41, 5.74) is 1.19. The molecule has 1 N–H and O–H groups in total. The van der Waals surface area contributed by atoms with Crippen molar-refractivity contribution in [2.45, 2.75) is 38.4 Å². The van der Waals surface area contributed by atoms with Crippen LogP contribution in [0.4, 0.5) is 13.2 Å². The first-order chi connectivity index (χ1) is 15.8. The standard InChI is InChI=1S/C25H20ClF3N2O2/c26-22-13-19(8-7-17(22)6-5-16-3-1-2-4-16)24(32)30-15-21-14-23(31-33-21)18-9-11-20(12-10-18)25(27,28)29/h7-14,16H,1-4,15H2,(H,30,32). The zero-order valence-electron chi connectivity index (χ0n) is 17.5. The average molecular weight is 473 g/mol. The maximum Gasteiger partial charge on any atom is 0.416 e. The fraction of sp³-hybridized carbons (Fsp3) is 0.280. The van der Waals surface area contributed by atoms with Gasteiger partial charge in [0.05, 0.1) is 17.1 Å². The van der Waals surface area contributed by atoms with E-state index in [9.17, 15) is 18.0 Å². The van der Waals surface area contributed by atoms with Crippen molar-refractivity contribution in [1.82, 2.24) is 10.5 Å². The number of rotatable bonds is 4. The Hall–Kier alpha value is -3.24. The number of carbonyl (C=O) groups excluding carboxylic acids is 1. The van der Waals surface area contributed by atoms with E-state index in [1.54, 1.807) is 24.3 Å². The summed E-state index contributed by atoms with van der Waals surface area (Å²) in [6.07, 6.45) is 0.258. The molecule has 4 nitrogen and oxygen atoms in total. The normalized spacial score (nSPS) is 14.1. The molecule has 1 saturated carbocycles. The van der Waals surface area contributed by atoms with E-state index in [4.69, 9.17) is 16.1 Å². The Kier molecular flexibility index (Phi) is 6.75. The van der Waals surface area contributed by atoms with Gasteiger partial charge in [-0.1, -0.05) is 53.6 Å². The number of benzene rings is 2. The highest BCUT2D eigenvalue weighted by molar-refractivity contribution is 6.32. The van der Waals surface area contributed by atoms with Crippen LogP contribution < -0.4 is 5.32 Å². The molecule has 0 aliphatic heterocycles. The van der Waals surface area contributed by atoms with Gasteiger partial charge in [-0.15, -0.1) is 0 Å². The van der Waals surface area contributed by atoms with Crippen LogP contribution >= 0.6 is 11.6 Å². The summed E-state index contributed by atoms with van der Waals surface area (Å²) in [6, 6.07) is 11.1. The van der Waals surface area contributed by atoms with Gasteiger partial charge in [0.2, 0.25) is 0 Å². The van der Waals surface area contributed by atoms with Crippen LogP contribution in [0.1, 0.15) is 52.9 Å². The first-order valence-electron chi connectivity index (χ1n) is 10.5. The number of aromatic nitrogens is 1. The SMILES string of the molecule is O=C(NCc1cc(-c2ccc(C(F)(F)F)cc2)no1)c1ccc(C#CC2CCCC2)c(Cl)c1. The van der Waals surface area contributed by atoms with Gasteiger partial charge in [0.15, 0.2) is 5.76 Å².